The molecule has 0 radical (unpaired) electrons. The Morgan fingerprint density at radius 3 is 1.46 bits per heavy atom. The van der Waals surface area contributed by atoms with Crippen LogP contribution in [0.15, 0.2) is 72.9 Å². The Morgan fingerprint density at radius 2 is 0.944 bits per heavy atom. The lowest BCUT2D eigenvalue weighted by atomic mass is 10.0. The Bertz CT molecular complexity index is 1460. The van der Waals surface area contributed by atoms with E-state index in [-0.39, 0.29) is 24.9 Å². The number of phosphoric ester groups is 1. The van der Waals surface area contributed by atoms with Crippen LogP contribution in [0.1, 0.15) is 258 Å². The lowest BCUT2D eigenvalue weighted by Gasteiger charge is -2.30. The summed E-state index contributed by atoms with van der Waals surface area (Å²) in [5, 5.41) is 3.01. The number of nitrogens with zero attached hydrogens (tertiary/aromatic N) is 1. The maximum atomic E-state index is 13.5. The van der Waals surface area contributed by atoms with Crippen molar-refractivity contribution in [1.29, 1.82) is 0 Å². The number of ether oxygens (including phenoxy) is 1. The SMILES string of the molecule is CC/C=C/C=C/C=C\CCCCCCCC(=O)NC(COP(=O)([O-])OCC[N+](C)(C)C)C(/C=C\CCCCCCCCCCCC)OC(=O)CCCCCCCCCCCCC/C=C\C/C=C\CCCCC. The summed E-state index contributed by atoms with van der Waals surface area (Å²) in [7, 11) is 1.16. The van der Waals surface area contributed by atoms with Gasteiger partial charge in [-0.05, 0) is 83.1 Å². The van der Waals surface area contributed by atoms with Gasteiger partial charge in [0.1, 0.15) is 19.3 Å². The van der Waals surface area contributed by atoms with Gasteiger partial charge < -0.3 is 28.5 Å². The maximum Gasteiger partial charge on any atom is 0.306 e. The molecule has 1 N–H and O–H groups in total. The van der Waals surface area contributed by atoms with Crippen molar-refractivity contribution in [1.82, 2.24) is 5.32 Å². The normalized spacial score (nSPS) is 14.3. The van der Waals surface area contributed by atoms with Gasteiger partial charge in [0, 0.05) is 12.8 Å². The zero-order valence-electron chi connectivity index (χ0n) is 47.6. The monoisotopic (exact) mass is 1030 g/mol. The first-order chi connectivity index (χ1) is 34.9. The van der Waals surface area contributed by atoms with Crippen molar-refractivity contribution in [2.75, 3.05) is 40.9 Å². The Morgan fingerprint density at radius 1 is 0.514 bits per heavy atom. The Balaban J connectivity index is 5.25. The van der Waals surface area contributed by atoms with E-state index in [0.717, 1.165) is 83.5 Å². The van der Waals surface area contributed by atoms with Crippen LogP contribution < -0.4 is 10.2 Å². The third-order valence-electron chi connectivity index (χ3n) is 12.9. The molecule has 0 aromatic rings. The van der Waals surface area contributed by atoms with Crippen molar-refractivity contribution in [3.05, 3.63) is 72.9 Å². The number of hydrogen-bond donors (Lipinski definition) is 1. The summed E-state index contributed by atoms with van der Waals surface area (Å²) in [6.07, 6.45) is 65.8. The van der Waals surface area contributed by atoms with Gasteiger partial charge in [0.15, 0.2) is 0 Å². The van der Waals surface area contributed by atoms with E-state index in [9.17, 15) is 19.0 Å². The number of unbranched alkanes of at least 4 members (excludes halogenated alkanes) is 29. The fourth-order valence-electron chi connectivity index (χ4n) is 8.32. The highest BCUT2D eigenvalue weighted by atomic mass is 31.2. The third-order valence-corrected chi connectivity index (χ3v) is 13.9. The predicted molar refractivity (Wildman–Crippen MR) is 307 cm³/mol. The number of nitrogens with one attached hydrogen (secondary N) is 1. The number of carbonyl (C=O) groups excluding carboxylic acids is 2. The molecule has 1 amide bonds. The smallest absolute Gasteiger partial charge is 0.306 e. The quantitative estimate of drug-likeness (QED) is 0.0161. The van der Waals surface area contributed by atoms with Gasteiger partial charge in [0.2, 0.25) is 5.91 Å². The van der Waals surface area contributed by atoms with Crippen LogP contribution >= 0.6 is 7.82 Å². The molecule has 10 heteroatoms. The zero-order valence-corrected chi connectivity index (χ0v) is 48.5. The van der Waals surface area contributed by atoms with Crippen LogP contribution in [-0.4, -0.2) is 69.4 Å². The molecule has 0 aliphatic rings. The van der Waals surface area contributed by atoms with Crippen LogP contribution in [0.2, 0.25) is 0 Å². The van der Waals surface area contributed by atoms with Crippen LogP contribution in [0.5, 0.6) is 0 Å². The number of carbonyl (C=O) groups is 2. The largest absolute Gasteiger partial charge is 0.756 e. The minimum absolute atomic E-state index is 0.0291. The summed E-state index contributed by atoms with van der Waals surface area (Å²) in [6.45, 7) is 6.67. The van der Waals surface area contributed by atoms with Crippen molar-refractivity contribution >= 4 is 19.7 Å². The summed E-state index contributed by atoms with van der Waals surface area (Å²) in [5.74, 6) is -0.567. The Kier molecular flexibility index (Phi) is 50.1. The molecule has 418 valence electrons. The van der Waals surface area contributed by atoms with E-state index < -0.39 is 26.6 Å². The lowest BCUT2D eigenvalue weighted by molar-refractivity contribution is -0.870. The number of hydrogen-bond acceptors (Lipinski definition) is 7. The van der Waals surface area contributed by atoms with Gasteiger partial charge in [-0.2, -0.15) is 0 Å². The molecule has 3 unspecified atom stereocenters. The molecule has 0 spiro atoms. The number of amides is 1. The second-order valence-electron chi connectivity index (χ2n) is 21.2. The molecule has 0 aromatic carbocycles. The molecule has 0 rings (SSSR count). The van der Waals surface area contributed by atoms with Crippen molar-refractivity contribution in [2.45, 2.75) is 270 Å². The molecule has 9 nitrogen and oxygen atoms in total. The fourth-order valence-corrected chi connectivity index (χ4v) is 9.04. The van der Waals surface area contributed by atoms with Crippen LogP contribution in [0.4, 0.5) is 0 Å². The van der Waals surface area contributed by atoms with E-state index in [1.807, 2.05) is 39.4 Å². The molecule has 72 heavy (non-hydrogen) atoms. The van der Waals surface area contributed by atoms with Gasteiger partial charge in [-0.1, -0.05) is 235 Å². The Labute approximate surface area is 444 Å². The van der Waals surface area contributed by atoms with Gasteiger partial charge >= 0.3 is 5.97 Å². The molecule has 0 bridgehead atoms. The molecule has 0 saturated carbocycles. The van der Waals surface area contributed by atoms with Crippen molar-refractivity contribution in [3.63, 3.8) is 0 Å². The van der Waals surface area contributed by atoms with Gasteiger partial charge in [-0.3, -0.25) is 14.2 Å². The minimum Gasteiger partial charge on any atom is -0.756 e. The van der Waals surface area contributed by atoms with E-state index in [2.05, 4.69) is 80.8 Å². The highest BCUT2D eigenvalue weighted by Crippen LogP contribution is 2.38. The average Bonchev–Trinajstić information content (AvgIpc) is 3.34. The molecule has 0 aliphatic carbocycles. The summed E-state index contributed by atoms with van der Waals surface area (Å²) in [6, 6.07) is -0.901. The van der Waals surface area contributed by atoms with Crippen LogP contribution in [0, 0.1) is 0 Å². The van der Waals surface area contributed by atoms with E-state index in [1.54, 1.807) is 0 Å². The molecule has 0 heterocycles. The molecular formula is C62H113N2O7P. The van der Waals surface area contributed by atoms with Gasteiger partial charge in [-0.25, -0.2) is 0 Å². The third kappa shape index (κ3) is 52.3. The summed E-state index contributed by atoms with van der Waals surface area (Å²) in [5.41, 5.74) is 0. The highest BCUT2D eigenvalue weighted by molar-refractivity contribution is 7.45. The minimum atomic E-state index is -4.70. The standard InChI is InChI=1S/C62H113N2O7P/c1-7-10-13-16-19-22-25-28-29-30-31-32-33-34-35-37-40-43-46-49-52-55-62(66)71-60(53-50-47-44-41-38-27-24-21-18-15-12-9-3)59(58-70-72(67,68)69-57-56-64(4,5)6)63-61(65)54-51-48-45-42-39-36-26-23-20-17-14-11-8-2/h11,14,17,19-20,22-23,26,28-29,50,53,59-60H,7-10,12-13,15-16,18,21,24-25,27,30-49,51-52,54-58H2,1-6H3,(H-,63,65,67,68)/b14-11+,20-17+,22-19-,26-23-,29-28-,53-50-. The van der Waals surface area contributed by atoms with E-state index in [4.69, 9.17) is 13.8 Å². The molecule has 0 aromatic heterocycles. The van der Waals surface area contributed by atoms with E-state index >= 15 is 0 Å². The van der Waals surface area contributed by atoms with E-state index in [0.29, 0.717) is 23.9 Å². The van der Waals surface area contributed by atoms with Crippen LogP contribution in [-0.2, 0) is 27.9 Å². The fraction of sp³-hybridized carbons (Fsp3) is 0.774. The lowest BCUT2D eigenvalue weighted by Crippen LogP contribution is -2.47. The number of likely N-dealkylation sites (N-methyl/N-ethyl adjacent to an activating group) is 1. The van der Waals surface area contributed by atoms with Gasteiger partial charge in [-0.15, -0.1) is 0 Å². The topological polar surface area (TPSA) is 114 Å². The summed E-state index contributed by atoms with van der Waals surface area (Å²) < 4.78 is 30.2. The van der Waals surface area contributed by atoms with Crippen molar-refractivity contribution in [2.24, 2.45) is 0 Å². The number of phosphoric acid groups is 1. The average molecular weight is 1030 g/mol. The van der Waals surface area contributed by atoms with Crippen LogP contribution in [0.25, 0.3) is 0 Å². The molecular weight excluding hydrogens is 916 g/mol. The van der Waals surface area contributed by atoms with Gasteiger partial charge in [0.25, 0.3) is 7.82 Å². The number of esters is 1. The van der Waals surface area contributed by atoms with Crippen molar-refractivity contribution < 1.29 is 37.3 Å². The number of rotatable bonds is 53. The second-order valence-corrected chi connectivity index (χ2v) is 22.6. The molecule has 0 fully saturated rings. The van der Waals surface area contributed by atoms with Crippen molar-refractivity contribution in [3.8, 4) is 0 Å². The molecule has 0 saturated heterocycles. The zero-order chi connectivity index (χ0) is 52.9. The maximum absolute atomic E-state index is 13.5. The van der Waals surface area contributed by atoms with E-state index in [1.165, 1.54) is 135 Å². The molecule has 3 atom stereocenters. The number of allylic oxidation sites excluding steroid dienone is 11. The number of quaternary nitrogens is 1. The summed E-state index contributed by atoms with van der Waals surface area (Å²) >= 11 is 0. The first-order valence-corrected chi connectivity index (χ1v) is 31.2. The van der Waals surface area contributed by atoms with Crippen LogP contribution in [0.3, 0.4) is 0 Å². The predicted octanol–water partition coefficient (Wildman–Crippen LogP) is 17.4. The second kappa shape index (κ2) is 51.9. The molecule has 0 aliphatic heterocycles. The Hall–Kier alpha value is -2.55. The first kappa shape index (κ1) is 69.5. The highest BCUT2D eigenvalue weighted by Gasteiger charge is 2.27. The first-order valence-electron chi connectivity index (χ1n) is 29.8. The summed E-state index contributed by atoms with van der Waals surface area (Å²) in [4.78, 5) is 39.9. The van der Waals surface area contributed by atoms with Gasteiger partial charge in [0.05, 0.1) is 33.8 Å².